The topological polar surface area (TPSA) is 51.1 Å². The number of benzene rings is 2. The number of aromatic nitrogens is 1. The van der Waals surface area contributed by atoms with Crippen molar-refractivity contribution in [1.82, 2.24) is 4.57 Å². The fourth-order valence-corrected chi connectivity index (χ4v) is 3.36. The van der Waals surface area contributed by atoms with Gasteiger partial charge in [-0.25, -0.2) is 0 Å². The lowest BCUT2D eigenvalue weighted by atomic mass is 10.1. The Kier molecular flexibility index (Phi) is 4.45. The van der Waals surface area contributed by atoms with Crippen molar-refractivity contribution in [3.8, 4) is 0 Å². The standard InChI is InChI=1S/C21H22N2O2/c1-13-9-15(3)21(16(4)10-13)22-19(24)12-23-18-8-6-5-7-17(18)14(2)11-20(23)25/h5-11H,12H2,1-4H3,(H,22,24). The highest BCUT2D eigenvalue weighted by Gasteiger charge is 2.12. The van der Waals surface area contributed by atoms with Crippen molar-refractivity contribution in [2.75, 3.05) is 5.32 Å². The Hall–Kier alpha value is -2.88. The van der Waals surface area contributed by atoms with Gasteiger partial charge in [0.15, 0.2) is 0 Å². The van der Waals surface area contributed by atoms with Gasteiger partial charge in [0, 0.05) is 17.1 Å². The Morgan fingerprint density at radius 1 is 0.960 bits per heavy atom. The van der Waals surface area contributed by atoms with E-state index >= 15 is 0 Å². The molecule has 1 amide bonds. The molecule has 0 atom stereocenters. The average Bonchev–Trinajstić information content (AvgIpc) is 2.55. The number of pyridine rings is 1. The van der Waals surface area contributed by atoms with Gasteiger partial charge in [-0.1, -0.05) is 35.9 Å². The van der Waals surface area contributed by atoms with Gasteiger partial charge in [0.1, 0.15) is 6.54 Å². The highest BCUT2D eigenvalue weighted by molar-refractivity contribution is 5.93. The monoisotopic (exact) mass is 334 g/mol. The second-order valence-corrected chi connectivity index (χ2v) is 6.59. The lowest BCUT2D eigenvalue weighted by Gasteiger charge is -2.15. The third-order valence-corrected chi connectivity index (χ3v) is 4.47. The molecule has 0 radical (unpaired) electrons. The molecule has 0 aliphatic heterocycles. The first-order valence-electron chi connectivity index (χ1n) is 8.33. The molecule has 0 fully saturated rings. The van der Waals surface area contributed by atoms with Gasteiger partial charge >= 0.3 is 0 Å². The van der Waals surface area contributed by atoms with Crippen LogP contribution < -0.4 is 10.9 Å². The minimum Gasteiger partial charge on any atom is -0.324 e. The largest absolute Gasteiger partial charge is 0.324 e. The molecule has 3 rings (SSSR count). The summed E-state index contributed by atoms with van der Waals surface area (Å²) >= 11 is 0. The number of anilines is 1. The molecule has 4 heteroatoms. The molecule has 4 nitrogen and oxygen atoms in total. The summed E-state index contributed by atoms with van der Waals surface area (Å²) < 4.78 is 1.52. The molecule has 1 aromatic heterocycles. The maximum atomic E-state index is 12.6. The number of para-hydroxylation sites is 1. The smallest absolute Gasteiger partial charge is 0.251 e. The average molecular weight is 334 g/mol. The summed E-state index contributed by atoms with van der Waals surface area (Å²) in [6.07, 6.45) is 0. The molecule has 0 aliphatic carbocycles. The summed E-state index contributed by atoms with van der Waals surface area (Å²) in [5.74, 6) is -0.203. The number of carbonyl (C=O) groups is 1. The lowest BCUT2D eigenvalue weighted by molar-refractivity contribution is -0.116. The molecule has 128 valence electrons. The first-order valence-corrected chi connectivity index (χ1v) is 8.33. The minimum atomic E-state index is -0.203. The summed E-state index contributed by atoms with van der Waals surface area (Å²) in [5, 5.41) is 3.95. The van der Waals surface area contributed by atoms with Crippen LogP contribution in [-0.4, -0.2) is 10.5 Å². The van der Waals surface area contributed by atoms with Crippen LogP contribution >= 0.6 is 0 Å². The van der Waals surface area contributed by atoms with Crippen molar-refractivity contribution in [2.45, 2.75) is 34.2 Å². The number of nitrogens with one attached hydrogen (secondary N) is 1. The molecular formula is C21H22N2O2. The van der Waals surface area contributed by atoms with Gasteiger partial charge < -0.3 is 5.32 Å². The van der Waals surface area contributed by atoms with E-state index in [9.17, 15) is 9.59 Å². The second-order valence-electron chi connectivity index (χ2n) is 6.59. The van der Waals surface area contributed by atoms with Crippen LogP contribution in [0.4, 0.5) is 5.69 Å². The third-order valence-electron chi connectivity index (χ3n) is 4.47. The highest BCUT2D eigenvalue weighted by Crippen LogP contribution is 2.22. The van der Waals surface area contributed by atoms with Crippen molar-refractivity contribution in [3.05, 3.63) is 75.1 Å². The number of fused-ring (bicyclic) bond motifs is 1. The van der Waals surface area contributed by atoms with E-state index in [-0.39, 0.29) is 18.0 Å². The number of rotatable bonds is 3. The molecule has 0 saturated carbocycles. The molecule has 0 aliphatic rings. The third kappa shape index (κ3) is 3.33. The maximum Gasteiger partial charge on any atom is 0.251 e. The molecule has 2 aromatic carbocycles. The van der Waals surface area contributed by atoms with Crippen LogP contribution in [0.1, 0.15) is 22.3 Å². The zero-order valence-corrected chi connectivity index (χ0v) is 15.0. The van der Waals surface area contributed by atoms with E-state index in [4.69, 9.17) is 0 Å². The molecule has 0 unspecified atom stereocenters. The van der Waals surface area contributed by atoms with Gasteiger partial charge in [-0.2, -0.15) is 0 Å². The molecule has 0 bridgehead atoms. The first-order chi connectivity index (χ1) is 11.9. The van der Waals surface area contributed by atoms with E-state index in [1.807, 2.05) is 64.1 Å². The molecule has 25 heavy (non-hydrogen) atoms. The Morgan fingerprint density at radius 3 is 2.28 bits per heavy atom. The predicted octanol–water partition coefficient (Wildman–Crippen LogP) is 3.87. The molecule has 3 aromatic rings. The Bertz CT molecular complexity index is 1010. The molecular weight excluding hydrogens is 312 g/mol. The van der Waals surface area contributed by atoms with Gasteiger partial charge in [0.25, 0.3) is 5.56 Å². The van der Waals surface area contributed by atoms with Crippen molar-refractivity contribution in [2.24, 2.45) is 0 Å². The van der Waals surface area contributed by atoms with Crippen molar-refractivity contribution in [3.63, 3.8) is 0 Å². The second kappa shape index (κ2) is 6.55. The predicted molar refractivity (Wildman–Crippen MR) is 102 cm³/mol. The Balaban J connectivity index is 1.95. The number of aryl methyl sites for hydroxylation is 4. The number of amides is 1. The van der Waals surface area contributed by atoms with Gasteiger partial charge in [-0.3, -0.25) is 14.2 Å². The van der Waals surface area contributed by atoms with E-state index in [1.54, 1.807) is 6.07 Å². The van der Waals surface area contributed by atoms with Gasteiger partial charge in [0.2, 0.25) is 5.91 Å². The van der Waals surface area contributed by atoms with Crippen molar-refractivity contribution < 1.29 is 4.79 Å². The summed E-state index contributed by atoms with van der Waals surface area (Å²) in [7, 11) is 0. The molecule has 1 heterocycles. The molecule has 1 N–H and O–H groups in total. The molecule has 0 spiro atoms. The summed E-state index contributed by atoms with van der Waals surface area (Å²) in [6, 6.07) is 13.3. The van der Waals surface area contributed by atoms with Crippen LogP contribution in [0.15, 0.2) is 47.3 Å². The Labute approximate surface area is 147 Å². The number of carbonyl (C=O) groups excluding carboxylic acids is 1. The normalized spacial score (nSPS) is 10.9. The fraction of sp³-hybridized carbons (Fsp3) is 0.238. The SMILES string of the molecule is Cc1cc(C)c(NC(=O)Cn2c(=O)cc(C)c3ccccc32)c(C)c1. The summed E-state index contributed by atoms with van der Waals surface area (Å²) in [5.41, 5.74) is 5.55. The van der Waals surface area contributed by atoms with E-state index in [2.05, 4.69) is 5.32 Å². The summed E-state index contributed by atoms with van der Waals surface area (Å²) in [6.45, 7) is 7.88. The zero-order valence-electron chi connectivity index (χ0n) is 15.0. The molecule has 0 saturated heterocycles. The van der Waals surface area contributed by atoms with E-state index in [0.717, 1.165) is 38.8 Å². The van der Waals surface area contributed by atoms with Crippen LogP contribution in [0.3, 0.4) is 0 Å². The van der Waals surface area contributed by atoms with Gasteiger partial charge in [0.05, 0.1) is 5.52 Å². The van der Waals surface area contributed by atoms with E-state index < -0.39 is 0 Å². The summed E-state index contributed by atoms with van der Waals surface area (Å²) in [4.78, 5) is 25.0. The van der Waals surface area contributed by atoms with Crippen LogP contribution in [0.2, 0.25) is 0 Å². The van der Waals surface area contributed by atoms with E-state index in [0.29, 0.717) is 0 Å². The maximum absolute atomic E-state index is 12.6. The Morgan fingerprint density at radius 2 is 1.60 bits per heavy atom. The van der Waals surface area contributed by atoms with Crippen molar-refractivity contribution >= 4 is 22.5 Å². The fourth-order valence-electron chi connectivity index (χ4n) is 3.36. The van der Waals surface area contributed by atoms with Crippen LogP contribution in [0.25, 0.3) is 10.9 Å². The van der Waals surface area contributed by atoms with Crippen LogP contribution in [0.5, 0.6) is 0 Å². The minimum absolute atomic E-state index is 0.00756. The van der Waals surface area contributed by atoms with Crippen LogP contribution in [0, 0.1) is 27.7 Å². The lowest BCUT2D eigenvalue weighted by Crippen LogP contribution is -2.28. The van der Waals surface area contributed by atoms with E-state index in [1.165, 1.54) is 4.57 Å². The quantitative estimate of drug-likeness (QED) is 0.790. The van der Waals surface area contributed by atoms with Gasteiger partial charge in [-0.15, -0.1) is 0 Å². The number of nitrogens with zero attached hydrogens (tertiary/aromatic N) is 1. The number of hydrogen-bond acceptors (Lipinski definition) is 2. The van der Waals surface area contributed by atoms with Crippen LogP contribution in [-0.2, 0) is 11.3 Å². The highest BCUT2D eigenvalue weighted by atomic mass is 16.2. The first kappa shape index (κ1) is 17.0. The number of hydrogen-bond donors (Lipinski definition) is 1. The zero-order chi connectivity index (χ0) is 18.1. The van der Waals surface area contributed by atoms with Gasteiger partial charge in [-0.05, 0) is 50.5 Å². The van der Waals surface area contributed by atoms with Crippen molar-refractivity contribution in [1.29, 1.82) is 0 Å².